The van der Waals surface area contributed by atoms with Gasteiger partial charge in [-0.05, 0) is 27.4 Å². The first kappa shape index (κ1) is 15.7. The molecule has 0 saturated carbocycles. The summed E-state index contributed by atoms with van der Waals surface area (Å²) in [6.07, 6.45) is 0. The summed E-state index contributed by atoms with van der Waals surface area (Å²) in [5, 5.41) is 5.50. The summed E-state index contributed by atoms with van der Waals surface area (Å²) in [5.41, 5.74) is 0. The van der Waals surface area contributed by atoms with Crippen LogP contribution in [0.2, 0.25) is 0 Å². The van der Waals surface area contributed by atoms with E-state index in [1.165, 1.54) is 22.4 Å². The Labute approximate surface area is 115 Å². The van der Waals surface area contributed by atoms with Crippen molar-refractivity contribution in [1.29, 1.82) is 0 Å². The smallest absolute Gasteiger partial charge is 0.0340 e. The monoisotopic (exact) mass is 332 g/mol. The molecule has 15 heavy (non-hydrogen) atoms. The van der Waals surface area contributed by atoms with Crippen molar-refractivity contribution in [2.45, 2.75) is 6.54 Å². The standard InChI is InChI=1S/C9H13BrN2S.2ClH/c10-8-1-6-13-9(8)7-12-4-2-11-3-5-12;;/h1,6,11H,2-5,7H2;2*1H. The number of hydrogen-bond donors (Lipinski definition) is 1. The van der Waals surface area contributed by atoms with Crippen molar-refractivity contribution in [1.82, 2.24) is 10.2 Å². The van der Waals surface area contributed by atoms with Crippen LogP contribution in [0.5, 0.6) is 0 Å². The van der Waals surface area contributed by atoms with E-state index in [4.69, 9.17) is 0 Å². The van der Waals surface area contributed by atoms with E-state index in [0.29, 0.717) is 0 Å². The summed E-state index contributed by atoms with van der Waals surface area (Å²) in [5.74, 6) is 0. The SMILES string of the molecule is Brc1ccsc1CN1CCNCC1.Cl.Cl. The zero-order chi connectivity index (χ0) is 9.10. The van der Waals surface area contributed by atoms with Crippen LogP contribution in [-0.2, 0) is 6.54 Å². The summed E-state index contributed by atoms with van der Waals surface area (Å²) in [6, 6.07) is 2.13. The van der Waals surface area contributed by atoms with Gasteiger partial charge in [0.2, 0.25) is 0 Å². The molecule has 0 amide bonds. The highest BCUT2D eigenvalue weighted by Crippen LogP contribution is 2.24. The second-order valence-electron chi connectivity index (χ2n) is 3.22. The van der Waals surface area contributed by atoms with Crippen molar-refractivity contribution in [3.63, 3.8) is 0 Å². The molecule has 1 aromatic heterocycles. The topological polar surface area (TPSA) is 15.3 Å². The highest BCUT2D eigenvalue weighted by Gasteiger charge is 2.11. The van der Waals surface area contributed by atoms with Gasteiger partial charge < -0.3 is 5.32 Å². The van der Waals surface area contributed by atoms with Crippen LogP contribution in [0.1, 0.15) is 4.88 Å². The third kappa shape index (κ3) is 4.59. The lowest BCUT2D eigenvalue weighted by Gasteiger charge is -2.26. The van der Waals surface area contributed by atoms with Crippen molar-refractivity contribution < 1.29 is 0 Å². The van der Waals surface area contributed by atoms with Crippen molar-refractivity contribution in [2.75, 3.05) is 26.2 Å². The van der Waals surface area contributed by atoms with Gasteiger partial charge in [-0.25, -0.2) is 0 Å². The molecule has 0 radical (unpaired) electrons. The molecule has 2 rings (SSSR count). The normalized spacial score (nSPS) is 16.6. The fourth-order valence-corrected chi connectivity index (χ4v) is 3.03. The van der Waals surface area contributed by atoms with Crippen LogP contribution >= 0.6 is 52.1 Å². The third-order valence-electron chi connectivity index (χ3n) is 2.27. The molecule has 0 spiro atoms. The molecule has 0 aliphatic carbocycles. The van der Waals surface area contributed by atoms with E-state index in [2.05, 4.69) is 37.6 Å². The predicted molar refractivity (Wildman–Crippen MR) is 74.7 cm³/mol. The first-order valence-electron chi connectivity index (χ1n) is 4.51. The van der Waals surface area contributed by atoms with Crippen LogP contribution in [-0.4, -0.2) is 31.1 Å². The van der Waals surface area contributed by atoms with Gasteiger partial charge in [0.25, 0.3) is 0 Å². The fraction of sp³-hybridized carbons (Fsp3) is 0.556. The minimum absolute atomic E-state index is 0. The first-order chi connectivity index (χ1) is 6.36. The van der Waals surface area contributed by atoms with Crippen molar-refractivity contribution >= 4 is 52.1 Å². The minimum atomic E-state index is 0. The quantitative estimate of drug-likeness (QED) is 0.895. The summed E-state index contributed by atoms with van der Waals surface area (Å²) >= 11 is 5.40. The molecule has 0 atom stereocenters. The van der Waals surface area contributed by atoms with Crippen molar-refractivity contribution in [3.05, 3.63) is 20.8 Å². The molecule has 0 bridgehead atoms. The zero-order valence-electron chi connectivity index (χ0n) is 8.24. The van der Waals surface area contributed by atoms with Crippen LogP contribution in [0, 0.1) is 0 Å². The Morgan fingerprint density at radius 2 is 2.00 bits per heavy atom. The Kier molecular flexibility index (Phi) is 8.23. The number of nitrogens with zero attached hydrogens (tertiary/aromatic N) is 1. The first-order valence-corrected chi connectivity index (χ1v) is 6.18. The maximum Gasteiger partial charge on any atom is 0.0340 e. The zero-order valence-corrected chi connectivity index (χ0v) is 12.3. The lowest BCUT2D eigenvalue weighted by atomic mass is 10.3. The van der Waals surface area contributed by atoms with Gasteiger partial charge in [-0.3, -0.25) is 4.90 Å². The number of rotatable bonds is 2. The van der Waals surface area contributed by atoms with E-state index in [0.717, 1.165) is 19.6 Å². The van der Waals surface area contributed by atoms with Crippen LogP contribution in [0.25, 0.3) is 0 Å². The number of piperazine rings is 1. The largest absolute Gasteiger partial charge is 0.314 e. The van der Waals surface area contributed by atoms with Crippen molar-refractivity contribution in [3.8, 4) is 0 Å². The molecular weight excluding hydrogens is 319 g/mol. The predicted octanol–water partition coefficient (Wildman–Crippen LogP) is 2.76. The molecule has 2 nitrogen and oxygen atoms in total. The van der Waals surface area contributed by atoms with Gasteiger partial charge in [-0.15, -0.1) is 36.2 Å². The van der Waals surface area contributed by atoms with Crippen LogP contribution < -0.4 is 5.32 Å². The molecule has 1 aliphatic rings. The van der Waals surface area contributed by atoms with E-state index in [1.807, 2.05) is 11.3 Å². The average molecular weight is 334 g/mol. The van der Waals surface area contributed by atoms with Gasteiger partial charge in [0.1, 0.15) is 0 Å². The number of halogens is 3. The number of hydrogen-bond acceptors (Lipinski definition) is 3. The Hall–Kier alpha value is 0.680. The van der Waals surface area contributed by atoms with Gasteiger partial charge in [-0.2, -0.15) is 0 Å². The molecule has 0 aromatic carbocycles. The molecule has 1 saturated heterocycles. The fourth-order valence-electron chi connectivity index (χ4n) is 1.51. The maximum atomic E-state index is 3.56. The lowest BCUT2D eigenvalue weighted by Crippen LogP contribution is -2.42. The molecule has 1 aliphatic heterocycles. The van der Waals surface area contributed by atoms with Crippen LogP contribution in [0.3, 0.4) is 0 Å². The Morgan fingerprint density at radius 1 is 1.33 bits per heavy atom. The number of thiophene rings is 1. The average Bonchev–Trinajstić information content (AvgIpc) is 2.54. The van der Waals surface area contributed by atoms with Gasteiger partial charge in [0.05, 0.1) is 0 Å². The molecule has 1 fully saturated rings. The van der Waals surface area contributed by atoms with Crippen LogP contribution in [0.15, 0.2) is 15.9 Å². The minimum Gasteiger partial charge on any atom is -0.314 e. The molecule has 88 valence electrons. The van der Waals surface area contributed by atoms with Gasteiger partial charge in [0.15, 0.2) is 0 Å². The summed E-state index contributed by atoms with van der Waals surface area (Å²) in [7, 11) is 0. The number of nitrogens with one attached hydrogen (secondary N) is 1. The second kappa shape index (κ2) is 7.87. The molecule has 6 heteroatoms. The Morgan fingerprint density at radius 3 is 2.53 bits per heavy atom. The Balaban J connectivity index is 0.000000980. The van der Waals surface area contributed by atoms with E-state index in [-0.39, 0.29) is 24.8 Å². The molecule has 0 unspecified atom stereocenters. The van der Waals surface area contributed by atoms with Gasteiger partial charge in [-0.1, -0.05) is 0 Å². The van der Waals surface area contributed by atoms with Crippen LogP contribution in [0.4, 0.5) is 0 Å². The third-order valence-corrected chi connectivity index (χ3v) is 4.18. The highest BCUT2D eigenvalue weighted by molar-refractivity contribution is 9.10. The lowest BCUT2D eigenvalue weighted by molar-refractivity contribution is 0.235. The molecule has 2 heterocycles. The van der Waals surface area contributed by atoms with Crippen molar-refractivity contribution in [2.24, 2.45) is 0 Å². The van der Waals surface area contributed by atoms with E-state index in [1.54, 1.807) is 0 Å². The van der Waals surface area contributed by atoms with E-state index >= 15 is 0 Å². The second-order valence-corrected chi connectivity index (χ2v) is 5.07. The molecule has 1 aromatic rings. The van der Waals surface area contributed by atoms with Gasteiger partial charge >= 0.3 is 0 Å². The van der Waals surface area contributed by atoms with E-state index in [9.17, 15) is 0 Å². The summed E-state index contributed by atoms with van der Waals surface area (Å²) in [4.78, 5) is 3.94. The highest BCUT2D eigenvalue weighted by atomic mass is 79.9. The maximum absolute atomic E-state index is 3.56. The summed E-state index contributed by atoms with van der Waals surface area (Å²) in [6.45, 7) is 5.70. The summed E-state index contributed by atoms with van der Waals surface area (Å²) < 4.78 is 1.26. The molecular formula is C9H15BrCl2N2S. The Bertz CT molecular complexity index is 277. The molecule has 1 N–H and O–H groups in total. The van der Waals surface area contributed by atoms with E-state index < -0.39 is 0 Å². The van der Waals surface area contributed by atoms with Gasteiger partial charge in [0, 0.05) is 42.1 Å².